The van der Waals surface area contributed by atoms with E-state index in [9.17, 15) is 4.79 Å². The van der Waals surface area contributed by atoms with Crippen molar-refractivity contribution in [3.05, 3.63) is 12.1 Å². The lowest BCUT2D eigenvalue weighted by molar-refractivity contribution is -0.142. The number of nitrogens with zero attached hydrogens (tertiary/aromatic N) is 6. The Kier molecular flexibility index (Phi) is 2.98. The van der Waals surface area contributed by atoms with E-state index in [4.69, 9.17) is 4.74 Å². The number of fused-ring (bicyclic) bond motifs is 1. The fourth-order valence-corrected chi connectivity index (χ4v) is 2.38. The number of carbonyl (C=O) groups excluding carboxylic acids is 1. The van der Waals surface area contributed by atoms with Gasteiger partial charge in [0.15, 0.2) is 11.5 Å². The average Bonchev–Trinajstić information content (AvgIpc) is 2.93. The van der Waals surface area contributed by atoms with Crippen LogP contribution in [-0.4, -0.2) is 50.9 Å². The molecule has 1 unspecified atom stereocenters. The van der Waals surface area contributed by atoms with Crippen LogP contribution in [0.15, 0.2) is 12.1 Å². The van der Waals surface area contributed by atoms with E-state index >= 15 is 0 Å². The maximum absolute atomic E-state index is 11.8. The van der Waals surface area contributed by atoms with Crippen LogP contribution in [-0.2, 0) is 9.53 Å². The van der Waals surface area contributed by atoms with Crippen LogP contribution in [0.5, 0.6) is 0 Å². The normalized spacial score (nSPS) is 19.6. The molecule has 0 aliphatic carbocycles. The minimum atomic E-state index is -0.278. The molecule has 1 fully saturated rings. The number of ether oxygens (including phenoxy) is 1. The summed E-state index contributed by atoms with van der Waals surface area (Å²) in [7, 11) is 1.41. The lowest BCUT2D eigenvalue weighted by Crippen LogP contribution is -2.46. The fourth-order valence-electron chi connectivity index (χ4n) is 2.38. The molecular formula is C11H14N6O2. The zero-order valence-electron chi connectivity index (χ0n) is 10.6. The quantitative estimate of drug-likeness (QED) is 0.707. The summed E-state index contributed by atoms with van der Waals surface area (Å²) in [6, 6.07) is 3.33. The highest BCUT2D eigenvalue weighted by Crippen LogP contribution is 2.23. The topological polar surface area (TPSA) is 85.5 Å². The van der Waals surface area contributed by atoms with Crippen LogP contribution in [0.25, 0.3) is 5.65 Å². The second-order valence-electron chi connectivity index (χ2n) is 4.45. The Hall–Kier alpha value is -2.25. The minimum absolute atomic E-state index is 0.224. The molecule has 1 aliphatic heterocycles. The van der Waals surface area contributed by atoms with Gasteiger partial charge in [0.05, 0.1) is 7.11 Å². The van der Waals surface area contributed by atoms with Crippen LogP contribution in [0.2, 0.25) is 0 Å². The third-order valence-corrected chi connectivity index (χ3v) is 3.33. The van der Waals surface area contributed by atoms with Crippen molar-refractivity contribution in [3.8, 4) is 0 Å². The molecule has 1 saturated heterocycles. The fraction of sp³-hybridized carbons (Fsp3) is 0.545. The highest BCUT2D eigenvalue weighted by atomic mass is 16.5. The Balaban J connectivity index is 1.94. The number of tetrazole rings is 1. The van der Waals surface area contributed by atoms with Crippen molar-refractivity contribution in [2.75, 3.05) is 18.6 Å². The lowest BCUT2D eigenvalue weighted by atomic mass is 10.0. The predicted molar refractivity (Wildman–Crippen MR) is 65.6 cm³/mol. The smallest absolute Gasteiger partial charge is 0.328 e. The largest absolute Gasteiger partial charge is 0.467 e. The van der Waals surface area contributed by atoms with Crippen LogP contribution in [0.4, 0.5) is 5.82 Å². The van der Waals surface area contributed by atoms with E-state index in [0.29, 0.717) is 11.5 Å². The Morgan fingerprint density at radius 1 is 1.42 bits per heavy atom. The summed E-state index contributed by atoms with van der Waals surface area (Å²) < 4.78 is 6.22. The Labute approximate surface area is 109 Å². The predicted octanol–water partition coefficient (Wildman–Crippen LogP) is 0.0512. The molecule has 8 nitrogen and oxygen atoms in total. The van der Waals surface area contributed by atoms with Crippen LogP contribution in [0.1, 0.15) is 19.3 Å². The number of aromatic nitrogens is 5. The average molecular weight is 262 g/mol. The van der Waals surface area contributed by atoms with E-state index in [1.165, 1.54) is 11.7 Å². The third-order valence-electron chi connectivity index (χ3n) is 3.33. The first-order valence-electron chi connectivity index (χ1n) is 6.19. The Bertz CT molecular complexity index is 598. The zero-order chi connectivity index (χ0) is 13.2. The van der Waals surface area contributed by atoms with E-state index in [0.717, 1.165) is 25.8 Å². The van der Waals surface area contributed by atoms with Gasteiger partial charge in [0.25, 0.3) is 0 Å². The molecule has 0 aromatic carbocycles. The van der Waals surface area contributed by atoms with Gasteiger partial charge in [-0.1, -0.05) is 0 Å². The number of hydrogen-bond donors (Lipinski definition) is 0. The Morgan fingerprint density at radius 3 is 3.16 bits per heavy atom. The number of hydrogen-bond acceptors (Lipinski definition) is 7. The van der Waals surface area contributed by atoms with E-state index in [1.807, 2.05) is 11.0 Å². The zero-order valence-corrected chi connectivity index (χ0v) is 10.6. The maximum Gasteiger partial charge on any atom is 0.328 e. The number of anilines is 1. The molecule has 0 N–H and O–H groups in total. The van der Waals surface area contributed by atoms with Gasteiger partial charge < -0.3 is 9.64 Å². The molecule has 2 aromatic heterocycles. The van der Waals surface area contributed by atoms with Gasteiger partial charge in [0, 0.05) is 6.54 Å². The third kappa shape index (κ3) is 2.09. The summed E-state index contributed by atoms with van der Waals surface area (Å²) >= 11 is 0. The molecule has 3 rings (SSSR count). The van der Waals surface area contributed by atoms with Crippen molar-refractivity contribution in [3.63, 3.8) is 0 Å². The molecule has 1 aliphatic rings. The molecule has 0 saturated carbocycles. The standard InChI is InChI=1S/C11H14N6O2/c1-19-11(18)8-4-2-3-7-16(8)10-6-5-9-12-14-15-17(9)13-10/h5-6,8H,2-4,7H2,1H3. The molecule has 0 bridgehead atoms. The molecule has 3 heterocycles. The highest BCUT2D eigenvalue weighted by molar-refractivity contribution is 5.79. The monoisotopic (exact) mass is 262 g/mol. The van der Waals surface area contributed by atoms with Crippen molar-refractivity contribution in [2.45, 2.75) is 25.3 Å². The second-order valence-corrected chi connectivity index (χ2v) is 4.45. The number of esters is 1. The summed E-state index contributed by atoms with van der Waals surface area (Å²) in [5, 5.41) is 15.4. The van der Waals surface area contributed by atoms with Crippen molar-refractivity contribution in [1.29, 1.82) is 0 Å². The molecule has 0 radical (unpaired) electrons. The van der Waals surface area contributed by atoms with Crippen molar-refractivity contribution in [1.82, 2.24) is 25.3 Å². The first-order chi connectivity index (χ1) is 9.29. The van der Waals surface area contributed by atoms with Gasteiger partial charge in [-0.3, -0.25) is 0 Å². The number of methoxy groups -OCH3 is 1. The summed E-state index contributed by atoms with van der Waals surface area (Å²) in [5.41, 5.74) is 0.579. The summed E-state index contributed by atoms with van der Waals surface area (Å²) in [4.78, 5) is 13.8. The second kappa shape index (κ2) is 4.79. The molecule has 2 aromatic rings. The maximum atomic E-state index is 11.8. The number of rotatable bonds is 2. The molecule has 19 heavy (non-hydrogen) atoms. The first-order valence-corrected chi connectivity index (χ1v) is 6.19. The molecule has 0 spiro atoms. The molecule has 8 heteroatoms. The van der Waals surface area contributed by atoms with E-state index in [2.05, 4.69) is 20.6 Å². The minimum Gasteiger partial charge on any atom is -0.467 e. The van der Waals surface area contributed by atoms with Crippen molar-refractivity contribution >= 4 is 17.4 Å². The molecular weight excluding hydrogens is 248 g/mol. The van der Waals surface area contributed by atoms with Crippen LogP contribution in [0.3, 0.4) is 0 Å². The Morgan fingerprint density at radius 2 is 2.32 bits per heavy atom. The van der Waals surface area contributed by atoms with Gasteiger partial charge in [0.2, 0.25) is 0 Å². The van der Waals surface area contributed by atoms with Gasteiger partial charge in [-0.05, 0) is 41.8 Å². The van der Waals surface area contributed by atoms with Gasteiger partial charge >= 0.3 is 5.97 Å². The van der Waals surface area contributed by atoms with Crippen LogP contribution < -0.4 is 4.90 Å². The van der Waals surface area contributed by atoms with E-state index in [-0.39, 0.29) is 12.0 Å². The molecule has 100 valence electrons. The highest BCUT2D eigenvalue weighted by Gasteiger charge is 2.30. The van der Waals surface area contributed by atoms with E-state index < -0.39 is 0 Å². The lowest BCUT2D eigenvalue weighted by Gasteiger charge is -2.34. The SMILES string of the molecule is COC(=O)C1CCCCN1c1ccc2nnnn2n1. The summed E-state index contributed by atoms with van der Waals surface area (Å²) in [5.74, 6) is 0.466. The van der Waals surface area contributed by atoms with Crippen LogP contribution in [0, 0.1) is 0 Å². The molecule has 0 amide bonds. The van der Waals surface area contributed by atoms with Crippen LogP contribution >= 0.6 is 0 Å². The first kappa shape index (κ1) is 11.8. The van der Waals surface area contributed by atoms with Gasteiger partial charge in [-0.2, -0.15) is 0 Å². The van der Waals surface area contributed by atoms with Gasteiger partial charge in [-0.25, -0.2) is 4.79 Å². The van der Waals surface area contributed by atoms with Gasteiger partial charge in [0.1, 0.15) is 6.04 Å². The molecule has 1 atom stereocenters. The number of carbonyl (C=O) groups is 1. The summed E-state index contributed by atoms with van der Waals surface area (Å²) in [6.45, 7) is 0.778. The van der Waals surface area contributed by atoms with Crippen molar-refractivity contribution < 1.29 is 9.53 Å². The van der Waals surface area contributed by atoms with E-state index in [1.54, 1.807) is 6.07 Å². The summed E-state index contributed by atoms with van der Waals surface area (Å²) in [6.07, 6.45) is 2.83. The number of piperidine rings is 1. The van der Waals surface area contributed by atoms with Gasteiger partial charge in [-0.15, -0.1) is 14.8 Å². The van der Waals surface area contributed by atoms with Crippen molar-refractivity contribution in [2.24, 2.45) is 0 Å².